The van der Waals surface area contributed by atoms with Gasteiger partial charge in [0.15, 0.2) is 0 Å². The lowest BCUT2D eigenvalue weighted by Crippen LogP contribution is -2.53. The van der Waals surface area contributed by atoms with Gasteiger partial charge in [-0.2, -0.15) is 0 Å². The van der Waals surface area contributed by atoms with Crippen LogP contribution in [0.1, 0.15) is 56.9 Å². The molecule has 0 spiro atoms. The third-order valence-corrected chi connectivity index (χ3v) is 9.50. The Labute approximate surface area is 249 Å². The summed E-state index contributed by atoms with van der Waals surface area (Å²) in [4.78, 5) is 28.9. The van der Waals surface area contributed by atoms with Gasteiger partial charge < -0.3 is 25.6 Å². The Kier molecular flexibility index (Phi) is 12.3. The fourth-order valence-corrected chi connectivity index (χ4v) is 7.02. The Bertz CT molecular complexity index is 1090. The van der Waals surface area contributed by atoms with Crippen LogP contribution in [-0.4, -0.2) is 88.8 Å². The lowest BCUT2D eigenvalue weighted by atomic mass is 9.91. The normalized spacial score (nSPS) is 23.4. The molecule has 3 fully saturated rings. The molecule has 0 unspecified atom stereocenters. The minimum absolute atomic E-state index is 0.207. The zero-order valence-corrected chi connectivity index (χ0v) is 25.6. The average molecular weight is 612 g/mol. The van der Waals surface area contributed by atoms with Crippen molar-refractivity contribution < 1.29 is 22.7 Å². The average Bonchev–Trinajstić information content (AvgIpc) is 3.39. The lowest BCUT2D eigenvalue weighted by Gasteiger charge is -2.30. The SMILES string of the molecule is CS(=O)(=O)N[C@H](CCC1CCNCC1)C(=O)N1C[C@H](OCc2ccc(Cl)cc2)C[C@H]1C(=O)NCCC1CCNCC1. The van der Waals surface area contributed by atoms with E-state index in [1.54, 1.807) is 12.1 Å². The molecule has 0 aliphatic carbocycles. The van der Waals surface area contributed by atoms with E-state index >= 15 is 0 Å². The van der Waals surface area contributed by atoms with Gasteiger partial charge in [0.1, 0.15) is 12.1 Å². The number of ether oxygens (including phenoxy) is 1. The molecule has 41 heavy (non-hydrogen) atoms. The Hall–Kier alpha value is -1.76. The maximum absolute atomic E-state index is 13.9. The molecule has 1 aromatic carbocycles. The van der Waals surface area contributed by atoms with Gasteiger partial charge >= 0.3 is 0 Å². The number of nitrogens with one attached hydrogen (secondary N) is 4. The largest absolute Gasteiger partial charge is 0.372 e. The van der Waals surface area contributed by atoms with Crippen LogP contribution in [0.4, 0.5) is 0 Å². The number of piperidine rings is 2. The first kappa shape index (κ1) is 32.2. The Morgan fingerprint density at radius 3 is 2.24 bits per heavy atom. The van der Waals surface area contributed by atoms with Crippen molar-refractivity contribution in [1.82, 2.24) is 25.6 Å². The fraction of sp³-hybridized carbons (Fsp3) is 0.724. The van der Waals surface area contributed by atoms with Gasteiger partial charge in [0.25, 0.3) is 0 Å². The second-order valence-electron chi connectivity index (χ2n) is 11.8. The molecule has 230 valence electrons. The van der Waals surface area contributed by atoms with Gasteiger partial charge in [-0.25, -0.2) is 13.1 Å². The summed E-state index contributed by atoms with van der Waals surface area (Å²) in [6, 6.07) is 5.74. The van der Waals surface area contributed by atoms with Gasteiger partial charge in [-0.15, -0.1) is 0 Å². The number of hydrogen-bond acceptors (Lipinski definition) is 7. The van der Waals surface area contributed by atoms with Crippen LogP contribution in [0.2, 0.25) is 5.02 Å². The highest BCUT2D eigenvalue weighted by molar-refractivity contribution is 7.88. The molecule has 0 saturated carbocycles. The molecule has 3 aliphatic heterocycles. The number of carbonyl (C=O) groups is 2. The van der Waals surface area contributed by atoms with Crippen LogP contribution in [0.15, 0.2) is 24.3 Å². The second-order valence-corrected chi connectivity index (χ2v) is 14.0. The van der Waals surface area contributed by atoms with E-state index in [2.05, 4.69) is 20.7 Å². The van der Waals surface area contributed by atoms with Crippen molar-refractivity contribution in [3.63, 3.8) is 0 Å². The van der Waals surface area contributed by atoms with E-state index in [4.69, 9.17) is 16.3 Å². The molecule has 4 rings (SSSR count). The van der Waals surface area contributed by atoms with Gasteiger partial charge in [-0.1, -0.05) is 23.7 Å². The van der Waals surface area contributed by atoms with Gasteiger partial charge in [0.2, 0.25) is 21.8 Å². The van der Waals surface area contributed by atoms with E-state index in [0.29, 0.717) is 42.9 Å². The first-order chi connectivity index (χ1) is 19.7. The quantitative estimate of drug-likeness (QED) is 0.269. The Morgan fingerprint density at radius 1 is 1.02 bits per heavy atom. The number of rotatable bonds is 13. The molecule has 1 aromatic rings. The Balaban J connectivity index is 1.43. The van der Waals surface area contributed by atoms with E-state index in [1.165, 1.54) is 4.90 Å². The van der Waals surface area contributed by atoms with Crippen molar-refractivity contribution in [2.24, 2.45) is 11.8 Å². The maximum Gasteiger partial charge on any atom is 0.242 e. The number of halogens is 1. The molecule has 0 bridgehead atoms. The summed E-state index contributed by atoms with van der Waals surface area (Å²) in [5.41, 5.74) is 0.945. The number of carbonyl (C=O) groups excluding carboxylic acids is 2. The van der Waals surface area contributed by atoms with E-state index < -0.39 is 22.1 Å². The zero-order chi connectivity index (χ0) is 29.2. The number of amides is 2. The number of benzene rings is 1. The highest BCUT2D eigenvalue weighted by atomic mass is 35.5. The van der Waals surface area contributed by atoms with Gasteiger partial charge in [-0.3, -0.25) is 9.59 Å². The van der Waals surface area contributed by atoms with E-state index in [-0.39, 0.29) is 24.5 Å². The number of hydrogen-bond donors (Lipinski definition) is 4. The maximum atomic E-state index is 13.9. The van der Waals surface area contributed by atoms with Crippen molar-refractivity contribution in [2.45, 2.75) is 76.2 Å². The molecule has 3 heterocycles. The van der Waals surface area contributed by atoms with Crippen molar-refractivity contribution in [1.29, 1.82) is 0 Å². The smallest absolute Gasteiger partial charge is 0.242 e. The third-order valence-electron chi connectivity index (χ3n) is 8.53. The minimum Gasteiger partial charge on any atom is -0.372 e. The highest BCUT2D eigenvalue weighted by Gasteiger charge is 2.42. The molecule has 10 nitrogen and oxygen atoms in total. The zero-order valence-electron chi connectivity index (χ0n) is 24.1. The topological polar surface area (TPSA) is 129 Å². The number of nitrogens with zero attached hydrogens (tertiary/aromatic N) is 1. The fourth-order valence-electron chi connectivity index (χ4n) is 6.16. The first-order valence-electron chi connectivity index (χ1n) is 15.0. The van der Waals surface area contributed by atoms with Crippen molar-refractivity contribution in [3.8, 4) is 0 Å². The van der Waals surface area contributed by atoms with Gasteiger partial charge in [0, 0.05) is 24.5 Å². The summed E-state index contributed by atoms with van der Waals surface area (Å²) >= 11 is 6.00. The molecule has 3 aliphatic rings. The molecular weight excluding hydrogens is 566 g/mol. The van der Waals surface area contributed by atoms with Crippen LogP contribution < -0.4 is 20.7 Å². The summed E-state index contributed by atoms with van der Waals surface area (Å²) in [6.45, 7) is 4.98. The summed E-state index contributed by atoms with van der Waals surface area (Å²) < 4.78 is 33.2. The molecule has 0 radical (unpaired) electrons. The Morgan fingerprint density at radius 2 is 1.63 bits per heavy atom. The van der Waals surface area contributed by atoms with Crippen molar-refractivity contribution >= 4 is 33.4 Å². The summed E-state index contributed by atoms with van der Waals surface area (Å²) in [6.07, 6.45) is 7.34. The highest BCUT2D eigenvalue weighted by Crippen LogP contribution is 2.26. The van der Waals surface area contributed by atoms with Crippen LogP contribution in [0, 0.1) is 11.8 Å². The van der Waals surface area contributed by atoms with E-state index in [9.17, 15) is 18.0 Å². The van der Waals surface area contributed by atoms with Crippen molar-refractivity contribution in [2.75, 3.05) is 45.5 Å². The molecule has 3 saturated heterocycles. The predicted molar refractivity (Wildman–Crippen MR) is 160 cm³/mol. The van der Waals surface area contributed by atoms with Crippen LogP contribution in [0.5, 0.6) is 0 Å². The van der Waals surface area contributed by atoms with Crippen LogP contribution in [0.3, 0.4) is 0 Å². The van der Waals surface area contributed by atoms with Crippen LogP contribution >= 0.6 is 11.6 Å². The third kappa shape index (κ3) is 10.5. The summed E-state index contributed by atoms with van der Waals surface area (Å²) in [5, 5.41) is 10.4. The lowest BCUT2D eigenvalue weighted by molar-refractivity contribution is -0.140. The van der Waals surface area contributed by atoms with Gasteiger partial charge in [-0.05, 0) is 101 Å². The predicted octanol–water partition coefficient (Wildman–Crippen LogP) is 2.03. The van der Waals surface area contributed by atoms with Crippen LogP contribution in [-0.2, 0) is 31.0 Å². The first-order valence-corrected chi connectivity index (χ1v) is 17.3. The summed E-state index contributed by atoms with van der Waals surface area (Å²) in [7, 11) is -3.64. The molecule has 2 amide bonds. The van der Waals surface area contributed by atoms with E-state index in [0.717, 1.165) is 76.5 Å². The van der Waals surface area contributed by atoms with E-state index in [1.807, 2.05) is 12.1 Å². The monoisotopic (exact) mass is 611 g/mol. The molecule has 12 heteroatoms. The number of likely N-dealkylation sites (tertiary alicyclic amines) is 1. The number of sulfonamides is 1. The molecule has 3 atom stereocenters. The van der Waals surface area contributed by atoms with Gasteiger partial charge in [0.05, 0.1) is 19.0 Å². The minimum atomic E-state index is -3.64. The standard InChI is InChI=1S/C29H46ClN5O5S/c1-41(38,39)34-26(7-4-21-8-13-31-14-9-21)29(37)35-19-25(40-20-23-2-5-24(30)6-3-23)18-27(35)28(36)33-17-12-22-10-15-32-16-11-22/h2-3,5-6,21-22,25-27,31-32,34H,4,7-20H2,1H3,(H,33,36)/t25-,26-,27+/m1/s1. The molecular formula is C29H46ClN5O5S. The summed E-state index contributed by atoms with van der Waals surface area (Å²) in [5.74, 6) is 0.449. The molecule has 4 N–H and O–H groups in total. The van der Waals surface area contributed by atoms with Crippen LogP contribution in [0.25, 0.3) is 0 Å². The van der Waals surface area contributed by atoms with Crippen molar-refractivity contribution in [3.05, 3.63) is 34.9 Å². The molecule has 0 aromatic heterocycles. The second kappa shape index (κ2) is 15.6.